The van der Waals surface area contributed by atoms with Gasteiger partial charge in [-0.05, 0) is 24.3 Å². The third-order valence-electron chi connectivity index (χ3n) is 2.49. The zero-order valence-corrected chi connectivity index (χ0v) is 10.6. The van der Waals surface area contributed by atoms with Crippen LogP contribution in [0.15, 0.2) is 58.2 Å². The highest BCUT2D eigenvalue weighted by molar-refractivity contribution is 6.32. The van der Waals surface area contributed by atoms with Crippen LogP contribution in [0.25, 0.3) is 0 Å². The number of rotatable bonds is 0. The molecule has 0 aliphatic carbocycles. The second kappa shape index (κ2) is 4.40. The van der Waals surface area contributed by atoms with E-state index in [0.717, 1.165) is 11.4 Å². The maximum Gasteiger partial charge on any atom is 0.0660 e. The van der Waals surface area contributed by atoms with E-state index in [1.165, 1.54) is 0 Å². The zero-order valence-electron chi connectivity index (χ0n) is 9.11. The van der Waals surface area contributed by atoms with Crippen LogP contribution < -0.4 is 0 Å². The molecule has 0 radical (unpaired) electrons. The van der Waals surface area contributed by atoms with Gasteiger partial charge in [-0.1, -0.05) is 23.2 Å². The summed E-state index contributed by atoms with van der Waals surface area (Å²) in [7, 11) is 3.96. The molecule has 0 bridgehead atoms. The molecule has 2 aliphatic rings. The topological polar surface area (TPSA) is 6.48 Å². The summed E-state index contributed by atoms with van der Waals surface area (Å²) >= 11 is 12.0. The van der Waals surface area contributed by atoms with Crippen LogP contribution >= 0.6 is 23.2 Å². The van der Waals surface area contributed by atoms with Crippen molar-refractivity contribution in [2.75, 3.05) is 14.1 Å². The SMILES string of the molecule is CN1C=CC(Cl)=CC1=C1C=C(Cl)C=CN1C. The van der Waals surface area contributed by atoms with Gasteiger partial charge >= 0.3 is 0 Å². The molecule has 0 saturated heterocycles. The first-order chi connectivity index (χ1) is 7.58. The van der Waals surface area contributed by atoms with Crippen molar-refractivity contribution in [1.29, 1.82) is 0 Å². The first kappa shape index (κ1) is 11.4. The van der Waals surface area contributed by atoms with E-state index in [4.69, 9.17) is 23.2 Å². The minimum absolute atomic E-state index is 0.716. The Morgan fingerprint density at radius 1 is 0.812 bits per heavy atom. The van der Waals surface area contributed by atoms with Crippen LogP contribution in [0, 0.1) is 0 Å². The molecular weight excluding hydrogens is 243 g/mol. The number of halogens is 2. The van der Waals surface area contributed by atoms with Gasteiger partial charge in [-0.15, -0.1) is 0 Å². The molecule has 0 aromatic heterocycles. The highest BCUT2D eigenvalue weighted by Gasteiger charge is 2.15. The van der Waals surface area contributed by atoms with Crippen LogP contribution in [0.2, 0.25) is 0 Å². The van der Waals surface area contributed by atoms with Crippen molar-refractivity contribution in [3.8, 4) is 0 Å². The van der Waals surface area contributed by atoms with E-state index in [-0.39, 0.29) is 0 Å². The zero-order chi connectivity index (χ0) is 11.7. The molecule has 2 heterocycles. The molecule has 2 aliphatic heterocycles. The van der Waals surface area contributed by atoms with Crippen LogP contribution in [0.5, 0.6) is 0 Å². The van der Waals surface area contributed by atoms with Crippen LogP contribution in [-0.2, 0) is 0 Å². The molecule has 0 N–H and O–H groups in total. The smallest absolute Gasteiger partial charge is 0.0660 e. The normalized spacial score (nSPS) is 24.8. The summed E-state index contributed by atoms with van der Waals surface area (Å²) in [4.78, 5) is 4.02. The Bertz CT molecular complexity index is 414. The number of nitrogens with zero attached hydrogens (tertiary/aromatic N) is 2. The van der Waals surface area contributed by atoms with Crippen molar-refractivity contribution < 1.29 is 0 Å². The lowest BCUT2D eigenvalue weighted by molar-refractivity contribution is 0.513. The van der Waals surface area contributed by atoms with E-state index in [1.807, 2.05) is 60.6 Å². The van der Waals surface area contributed by atoms with Crippen LogP contribution in [0.3, 0.4) is 0 Å². The third-order valence-corrected chi connectivity index (χ3v) is 2.96. The highest BCUT2D eigenvalue weighted by Crippen LogP contribution is 2.27. The molecule has 0 aromatic carbocycles. The van der Waals surface area contributed by atoms with Gasteiger partial charge in [0.15, 0.2) is 0 Å². The summed E-state index contributed by atoms with van der Waals surface area (Å²) in [6, 6.07) is 0. The van der Waals surface area contributed by atoms with E-state index in [2.05, 4.69) is 0 Å². The van der Waals surface area contributed by atoms with Crippen LogP contribution in [0.1, 0.15) is 0 Å². The van der Waals surface area contributed by atoms with E-state index in [1.54, 1.807) is 0 Å². The van der Waals surface area contributed by atoms with Crippen molar-refractivity contribution in [1.82, 2.24) is 9.80 Å². The molecule has 0 amide bonds. The second-order valence-electron chi connectivity index (χ2n) is 3.68. The average Bonchev–Trinajstić information content (AvgIpc) is 2.25. The lowest BCUT2D eigenvalue weighted by Gasteiger charge is -2.27. The van der Waals surface area contributed by atoms with Gasteiger partial charge in [0.25, 0.3) is 0 Å². The quantitative estimate of drug-likeness (QED) is 0.654. The summed E-state index contributed by atoms with van der Waals surface area (Å²) < 4.78 is 0. The Labute approximate surface area is 105 Å². The fourth-order valence-electron chi connectivity index (χ4n) is 1.60. The maximum atomic E-state index is 6.00. The molecule has 84 valence electrons. The molecule has 2 rings (SSSR count). The Morgan fingerprint density at radius 2 is 1.19 bits per heavy atom. The van der Waals surface area contributed by atoms with Gasteiger partial charge in [-0.3, -0.25) is 0 Å². The molecular formula is C12H12Cl2N2. The van der Waals surface area contributed by atoms with Crippen molar-refractivity contribution in [2.45, 2.75) is 0 Å². The van der Waals surface area contributed by atoms with Gasteiger partial charge in [-0.25, -0.2) is 0 Å². The maximum absolute atomic E-state index is 6.00. The molecule has 0 fully saturated rings. The number of hydrogen-bond acceptors (Lipinski definition) is 2. The van der Waals surface area contributed by atoms with Crippen molar-refractivity contribution in [3.05, 3.63) is 58.2 Å². The monoisotopic (exact) mass is 254 g/mol. The van der Waals surface area contributed by atoms with Crippen LogP contribution in [0.4, 0.5) is 0 Å². The minimum atomic E-state index is 0.716. The second-order valence-corrected chi connectivity index (χ2v) is 4.56. The van der Waals surface area contributed by atoms with E-state index in [0.29, 0.717) is 10.1 Å². The average molecular weight is 255 g/mol. The lowest BCUT2D eigenvalue weighted by Crippen LogP contribution is -2.21. The molecule has 16 heavy (non-hydrogen) atoms. The molecule has 0 saturated carbocycles. The predicted molar refractivity (Wildman–Crippen MR) is 68.7 cm³/mol. The molecule has 2 nitrogen and oxygen atoms in total. The molecule has 0 spiro atoms. The number of allylic oxidation sites excluding steroid dienone is 6. The number of hydrogen-bond donors (Lipinski definition) is 0. The van der Waals surface area contributed by atoms with Gasteiger partial charge in [0.2, 0.25) is 0 Å². The molecule has 0 unspecified atom stereocenters. The Hall–Kier alpha value is -1.12. The van der Waals surface area contributed by atoms with Crippen molar-refractivity contribution >= 4 is 23.2 Å². The molecule has 0 aromatic rings. The first-order valence-corrected chi connectivity index (χ1v) is 5.64. The summed E-state index contributed by atoms with van der Waals surface area (Å²) in [6.45, 7) is 0. The third kappa shape index (κ3) is 2.18. The van der Waals surface area contributed by atoms with Crippen molar-refractivity contribution in [2.24, 2.45) is 0 Å². The van der Waals surface area contributed by atoms with Gasteiger partial charge in [0, 0.05) is 36.6 Å². The predicted octanol–water partition coefficient (Wildman–Crippen LogP) is 3.36. The minimum Gasteiger partial charge on any atom is -0.349 e. The van der Waals surface area contributed by atoms with Crippen LogP contribution in [-0.4, -0.2) is 23.9 Å². The summed E-state index contributed by atoms with van der Waals surface area (Å²) in [5.41, 5.74) is 2.05. The summed E-state index contributed by atoms with van der Waals surface area (Å²) in [5.74, 6) is 0. The Balaban J connectivity index is 2.48. The molecule has 0 atom stereocenters. The summed E-state index contributed by atoms with van der Waals surface area (Å²) in [5, 5.41) is 1.43. The van der Waals surface area contributed by atoms with E-state index < -0.39 is 0 Å². The van der Waals surface area contributed by atoms with Crippen molar-refractivity contribution in [3.63, 3.8) is 0 Å². The van der Waals surface area contributed by atoms with E-state index in [9.17, 15) is 0 Å². The number of likely N-dealkylation sites (N-methyl/N-ethyl adjacent to an activating group) is 2. The first-order valence-electron chi connectivity index (χ1n) is 4.88. The fourth-order valence-corrected chi connectivity index (χ4v) is 1.92. The van der Waals surface area contributed by atoms with E-state index >= 15 is 0 Å². The fraction of sp³-hybridized carbons (Fsp3) is 0.167. The molecule has 4 heteroatoms. The largest absolute Gasteiger partial charge is 0.349 e. The van der Waals surface area contributed by atoms with Gasteiger partial charge < -0.3 is 9.80 Å². The highest BCUT2D eigenvalue weighted by atomic mass is 35.5. The Morgan fingerprint density at radius 3 is 1.56 bits per heavy atom. The standard InChI is InChI=1S/C12H12Cl2N2/c1-15-5-3-9(13)7-11(15)12-8-10(14)4-6-16(12)2/h3-8H,1-2H3. The Kier molecular flexibility index (Phi) is 3.13. The van der Waals surface area contributed by atoms with Gasteiger partial charge in [0.05, 0.1) is 11.4 Å². The lowest BCUT2D eigenvalue weighted by atomic mass is 10.2. The van der Waals surface area contributed by atoms with Gasteiger partial charge in [0.1, 0.15) is 0 Å². The summed E-state index contributed by atoms with van der Waals surface area (Å²) in [6.07, 6.45) is 11.4. The van der Waals surface area contributed by atoms with Gasteiger partial charge in [-0.2, -0.15) is 0 Å².